The van der Waals surface area contributed by atoms with Gasteiger partial charge in [-0.3, -0.25) is 19.5 Å². The summed E-state index contributed by atoms with van der Waals surface area (Å²) in [6.07, 6.45) is 5.98. The molecule has 2 aliphatic rings. The first-order valence-corrected chi connectivity index (χ1v) is 11.6. The summed E-state index contributed by atoms with van der Waals surface area (Å²) in [6.45, 7) is 7.52. The van der Waals surface area contributed by atoms with Gasteiger partial charge in [0.1, 0.15) is 5.82 Å². The number of nitrogen functional groups attached to an aromatic ring is 1. The van der Waals surface area contributed by atoms with Gasteiger partial charge in [-0.25, -0.2) is 4.98 Å². The number of nitrogens with two attached hydrogens (primary N) is 1. The summed E-state index contributed by atoms with van der Waals surface area (Å²) >= 11 is 0. The first-order valence-electron chi connectivity index (χ1n) is 11.6. The molecule has 3 aromatic rings. The lowest BCUT2D eigenvalue weighted by molar-refractivity contribution is -0.142. The van der Waals surface area contributed by atoms with E-state index in [1.165, 1.54) is 13.1 Å². The maximum atomic E-state index is 12.1. The van der Waals surface area contributed by atoms with Crippen LogP contribution in [0.2, 0.25) is 0 Å². The number of benzene rings is 1. The molecule has 10 nitrogen and oxygen atoms in total. The number of amides is 3. The molecular formula is C25H33N7O3. The van der Waals surface area contributed by atoms with Crippen LogP contribution in [-0.4, -0.2) is 68.9 Å². The van der Waals surface area contributed by atoms with Crippen molar-refractivity contribution in [2.45, 2.75) is 39.7 Å². The zero-order chi connectivity index (χ0) is 25.4. The highest BCUT2D eigenvalue weighted by Crippen LogP contribution is 2.46. The van der Waals surface area contributed by atoms with Gasteiger partial charge in [0.25, 0.3) is 0 Å². The van der Waals surface area contributed by atoms with Crippen LogP contribution in [0.25, 0.3) is 10.9 Å². The molecule has 1 atom stereocenters. The van der Waals surface area contributed by atoms with Crippen LogP contribution < -0.4 is 11.1 Å². The van der Waals surface area contributed by atoms with E-state index in [-0.39, 0.29) is 23.3 Å². The number of hydrogen-bond acceptors (Lipinski definition) is 6. The Balaban J connectivity index is 0.000000159. The number of nitrogens with one attached hydrogen (secondary N) is 2. The van der Waals surface area contributed by atoms with E-state index >= 15 is 0 Å². The van der Waals surface area contributed by atoms with Crippen molar-refractivity contribution in [2.24, 2.45) is 5.41 Å². The van der Waals surface area contributed by atoms with E-state index in [0.717, 1.165) is 19.3 Å². The van der Waals surface area contributed by atoms with Crippen molar-refractivity contribution in [1.82, 2.24) is 25.0 Å². The Kier molecular flexibility index (Phi) is 8.40. The summed E-state index contributed by atoms with van der Waals surface area (Å²) in [6, 6.07) is 12.2. The molecule has 1 aliphatic carbocycles. The Hall–Kier alpha value is -3.95. The van der Waals surface area contributed by atoms with Gasteiger partial charge < -0.3 is 20.9 Å². The van der Waals surface area contributed by atoms with Crippen LogP contribution in [0.4, 0.5) is 11.5 Å². The smallest absolute Gasteiger partial charge is 0.228 e. The summed E-state index contributed by atoms with van der Waals surface area (Å²) in [5.41, 5.74) is 6.80. The number of rotatable bonds is 3. The molecule has 35 heavy (non-hydrogen) atoms. The monoisotopic (exact) mass is 479 g/mol. The molecule has 5 rings (SSSR count). The van der Waals surface area contributed by atoms with Crippen LogP contribution in [0.15, 0.2) is 48.8 Å². The van der Waals surface area contributed by atoms with Crippen LogP contribution in [0.3, 0.4) is 0 Å². The molecule has 0 spiro atoms. The fourth-order valence-corrected chi connectivity index (χ4v) is 3.75. The molecule has 0 bridgehead atoms. The number of aromatic nitrogens is 3. The van der Waals surface area contributed by atoms with Gasteiger partial charge in [0.2, 0.25) is 18.2 Å². The van der Waals surface area contributed by atoms with Crippen molar-refractivity contribution in [1.29, 1.82) is 0 Å². The van der Waals surface area contributed by atoms with E-state index in [4.69, 9.17) is 5.73 Å². The van der Waals surface area contributed by atoms with E-state index < -0.39 is 0 Å². The SMILES string of the molecule is CC(=O)Nc1cnc(N)c2cn[nH]c12.CC1CN(C=O)CCN1C(=O)C1(C)CC1.c1ccccc1. The van der Waals surface area contributed by atoms with Crippen LogP contribution in [0, 0.1) is 5.41 Å². The number of hydrogen-bond donors (Lipinski definition) is 3. The number of nitrogens with zero attached hydrogens (tertiary/aromatic N) is 4. The lowest BCUT2D eigenvalue weighted by Gasteiger charge is -2.39. The molecule has 1 saturated carbocycles. The molecule has 0 radical (unpaired) electrons. The maximum Gasteiger partial charge on any atom is 0.228 e. The van der Waals surface area contributed by atoms with Crippen molar-refractivity contribution in [3.05, 3.63) is 48.8 Å². The molecule has 3 amide bonds. The minimum atomic E-state index is -0.160. The zero-order valence-electron chi connectivity index (χ0n) is 20.4. The van der Waals surface area contributed by atoms with Gasteiger partial charge in [0.15, 0.2) is 0 Å². The Labute approximate surface area is 204 Å². The Morgan fingerprint density at radius 1 is 1.14 bits per heavy atom. The lowest BCUT2D eigenvalue weighted by atomic mass is 10.1. The van der Waals surface area contributed by atoms with E-state index in [9.17, 15) is 14.4 Å². The number of H-pyrrole nitrogens is 1. The normalized spacial score (nSPS) is 17.9. The number of anilines is 2. The second-order valence-corrected chi connectivity index (χ2v) is 9.06. The predicted molar refractivity (Wildman–Crippen MR) is 135 cm³/mol. The van der Waals surface area contributed by atoms with Crippen LogP contribution in [-0.2, 0) is 14.4 Å². The van der Waals surface area contributed by atoms with E-state index in [2.05, 4.69) is 20.5 Å². The number of carbonyl (C=O) groups excluding carboxylic acids is 3. The topological polar surface area (TPSA) is 137 Å². The number of piperazine rings is 1. The summed E-state index contributed by atoms with van der Waals surface area (Å²) in [5, 5.41) is 9.92. The largest absolute Gasteiger partial charge is 0.383 e. The third-order valence-electron chi connectivity index (χ3n) is 6.08. The zero-order valence-corrected chi connectivity index (χ0v) is 20.4. The predicted octanol–water partition coefficient (Wildman–Crippen LogP) is 2.66. The molecule has 4 N–H and O–H groups in total. The van der Waals surface area contributed by atoms with Crippen LogP contribution in [0.5, 0.6) is 0 Å². The lowest BCUT2D eigenvalue weighted by Crippen LogP contribution is -2.55. The molecule has 1 saturated heterocycles. The molecule has 1 unspecified atom stereocenters. The van der Waals surface area contributed by atoms with Gasteiger partial charge in [0, 0.05) is 38.0 Å². The fraction of sp³-hybridized carbons (Fsp3) is 0.400. The molecule has 3 heterocycles. The van der Waals surface area contributed by atoms with Gasteiger partial charge in [-0.05, 0) is 19.8 Å². The van der Waals surface area contributed by atoms with Crippen molar-refractivity contribution in [3.8, 4) is 0 Å². The first kappa shape index (κ1) is 25.7. The van der Waals surface area contributed by atoms with E-state index in [1.54, 1.807) is 11.1 Å². The molecule has 10 heteroatoms. The minimum Gasteiger partial charge on any atom is -0.383 e. The number of pyridine rings is 1. The average Bonchev–Trinajstić information content (AvgIpc) is 3.41. The fourth-order valence-electron chi connectivity index (χ4n) is 3.75. The van der Waals surface area contributed by atoms with Crippen LogP contribution in [0.1, 0.15) is 33.6 Å². The first-order chi connectivity index (χ1) is 16.7. The Morgan fingerprint density at radius 2 is 1.77 bits per heavy atom. The number of fused-ring (bicyclic) bond motifs is 1. The highest BCUT2D eigenvalue weighted by molar-refractivity contribution is 6.02. The summed E-state index contributed by atoms with van der Waals surface area (Å²) in [5.74, 6) is 0.510. The van der Waals surface area contributed by atoms with E-state index in [1.807, 2.05) is 55.1 Å². The van der Waals surface area contributed by atoms with Crippen molar-refractivity contribution >= 4 is 40.6 Å². The van der Waals surface area contributed by atoms with E-state index in [0.29, 0.717) is 42.0 Å². The third-order valence-corrected chi connectivity index (χ3v) is 6.08. The van der Waals surface area contributed by atoms with Crippen molar-refractivity contribution < 1.29 is 14.4 Å². The number of carbonyl (C=O) groups is 3. The highest BCUT2D eigenvalue weighted by Gasteiger charge is 2.48. The molecule has 2 aromatic heterocycles. The quantitative estimate of drug-likeness (QED) is 0.494. The third kappa shape index (κ3) is 6.78. The Morgan fingerprint density at radius 3 is 2.29 bits per heavy atom. The molecule has 1 aromatic carbocycles. The molecule has 2 fully saturated rings. The summed E-state index contributed by atoms with van der Waals surface area (Å²) in [4.78, 5) is 41.2. The van der Waals surface area contributed by atoms with Gasteiger partial charge in [0.05, 0.1) is 29.0 Å². The van der Waals surface area contributed by atoms with Crippen LogP contribution >= 0.6 is 0 Å². The second kappa shape index (κ2) is 11.5. The summed E-state index contributed by atoms with van der Waals surface area (Å²) in [7, 11) is 0. The Bertz CT molecular complexity index is 1120. The standard InChI is InChI=1S/C11H18N2O2.C8H9N5O.C6H6/c1-9-7-12(8-14)5-6-13(9)10(15)11(2)3-4-11;1-4(14)12-6-3-10-8(9)5-2-11-13-7(5)6;1-2-4-6-5-3-1/h8-9H,3-7H2,1-2H3;2-3H,1H3,(H2,9,10)(H,11,13)(H,12,14);1-6H. The second-order valence-electron chi connectivity index (χ2n) is 9.06. The van der Waals surface area contributed by atoms with Gasteiger partial charge in [-0.15, -0.1) is 0 Å². The molecule has 1 aliphatic heterocycles. The highest BCUT2D eigenvalue weighted by atomic mass is 16.2. The van der Waals surface area contributed by atoms with Crippen molar-refractivity contribution in [3.63, 3.8) is 0 Å². The summed E-state index contributed by atoms with van der Waals surface area (Å²) < 4.78 is 0. The minimum absolute atomic E-state index is 0.0857. The van der Waals surface area contributed by atoms with Gasteiger partial charge >= 0.3 is 0 Å². The van der Waals surface area contributed by atoms with Gasteiger partial charge in [-0.1, -0.05) is 43.3 Å². The van der Waals surface area contributed by atoms with Crippen molar-refractivity contribution in [2.75, 3.05) is 30.7 Å². The maximum absolute atomic E-state index is 12.1. The number of aromatic amines is 1. The molecule has 186 valence electrons. The average molecular weight is 480 g/mol. The molecular weight excluding hydrogens is 446 g/mol. The van der Waals surface area contributed by atoms with Gasteiger partial charge in [-0.2, -0.15) is 5.10 Å².